The molecular formula is C26H20N2O2. The highest BCUT2D eigenvalue weighted by Crippen LogP contribution is 2.39. The summed E-state index contributed by atoms with van der Waals surface area (Å²) in [4.78, 5) is 13.4. The summed E-state index contributed by atoms with van der Waals surface area (Å²) in [6.45, 7) is 0. The number of fused-ring (bicyclic) bond motifs is 1. The quantitative estimate of drug-likeness (QED) is 0.268. The lowest BCUT2D eigenvalue weighted by Crippen LogP contribution is -2.13. The van der Waals surface area contributed by atoms with Crippen molar-refractivity contribution >= 4 is 17.1 Å². The topological polar surface area (TPSA) is 44.1 Å². The molecule has 30 heavy (non-hydrogen) atoms. The largest absolute Gasteiger partial charge is 0.423 e. The van der Waals surface area contributed by atoms with Gasteiger partial charge in [-0.1, -0.05) is 66.7 Å². The molecule has 5 rings (SSSR count). The Morgan fingerprint density at radius 3 is 2.13 bits per heavy atom. The molecule has 0 aliphatic heterocycles. The van der Waals surface area contributed by atoms with Gasteiger partial charge >= 0.3 is 5.97 Å². The maximum atomic E-state index is 13.4. The number of hydrogen-bond acceptors (Lipinski definition) is 3. The van der Waals surface area contributed by atoms with Crippen molar-refractivity contribution in [1.82, 2.24) is 9.78 Å². The molecule has 4 aromatic rings. The number of carbonyl (C=O) groups excluding carboxylic acids is 1. The maximum absolute atomic E-state index is 13.4. The maximum Gasteiger partial charge on any atom is 0.344 e. The van der Waals surface area contributed by atoms with E-state index in [4.69, 9.17) is 4.74 Å². The van der Waals surface area contributed by atoms with E-state index in [0.29, 0.717) is 11.3 Å². The van der Waals surface area contributed by atoms with Gasteiger partial charge in [0, 0.05) is 0 Å². The SMILES string of the molecule is O=C(Oc1ccccc1)C(=C1CCc2cnn(-c3ccccc3)c21)c1ccccc1. The van der Waals surface area contributed by atoms with Crippen molar-refractivity contribution in [1.29, 1.82) is 0 Å². The van der Waals surface area contributed by atoms with Gasteiger partial charge in [0.15, 0.2) is 0 Å². The highest BCUT2D eigenvalue weighted by molar-refractivity contribution is 6.25. The van der Waals surface area contributed by atoms with Crippen LogP contribution in [0.5, 0.6) is 5.75 Å². The van der Waals surface area contributed by atoms with E-state index < -0.39 is 0 Å². The molecule has 0 amide bonds. The highest BCUT2D eigenvalue weighted by atomic mass is 16.5. The van der Waals surface area contributed by atoms with E-state index in [0.717, 1.165) is 40.9 Å². The molecule has 0 atom stereocenters. The van der Waals surface area contributed by atoms with Crippen LogP contribution >= 0.6 is 0 Å². The zero-order chi connectivity index (χ0) is 20.3. The minimum atomic E-state index is -0.351. The molecule has 0 fully saturated rings. The zero-order valence-corrected chi connectivity index (χ0v) is 16.4. The first-order valence-electron chi connectivity index (χ1n) is 10.00. The Hall–Kier alpha value is -3.92. The van der Waals surface area contributed by atoms with Crippen LogP contribution in [0.3, 0.4) is 0 Å². The number of nitrogens with zero attached hydrogens (tertiary/aromatic N) is 2. The standard InChI is InChI=1S/C26H20N2O2/c29-26(30-22-14-8-3-9-15-22)24(19-10-4-1-5-11-19)23-17-16-20-18-27-28(25(20)23)21-12-6-2-7-13-21/h1-15,18H,16-17H2. The predicted molar refractivity (Wildman–Crippen MR) is 117 cm³/mol. The van der Waals surface area contributed by atoms with Crippen LogP contribution in [0.1, 0.15) is 23.2 Å². The van der Waals surface area contributed by atoms with Gasteiger partial charge in [-0.2, -0.15) is 5.10 Å². The monoisotopic (exact) mass is 392 g/mol. The van der Waals surface area contributed by atoms with E-state index >= 15 is 0 Å². The average molecular weight is 392 g/mol. The van der Waals surface area contributed by atoms with Crippen molar-refractivity contribution in [2.24, 2.45) is 0 Å². The zero-order valence-electron chi connectivity index (χ0n) is 16.4. The second-order valence-electron chi connectivity index (χ2n) is 7.19. The molecular weight excluding hydrogens is 372 g/mol. The van der Waals surface area contributed by atoms with Gasteiger partial charge in [0.1, 0.15) is 5.75 Å². The molecule has 146 valence electrons. The van der Waals surface area contributed by atoms with Crippen LogP contribution in [0.25, 0.3) is 16.8 Å². The Balaban J connectivity index is 1.66. The first kappa shape index (κ1) is 18.1. The molecule has 0 unspecified atom stereocenters. The summed E-state index contributed by atoms with van der Waals surface area (Å²) >= 11 is 0. The summed E-state index contributed by atoms with van der Waals surface area (Å²) in [6.07, 6.45) is 3.53. The van der Waals surface area contributed by atoms with Crippen LogP contribution in [-0.2, 0) is 11.2 Å². The first-order valence-corrected chi connectivity index (χ1v) is 10.00. The van der Waals surface area contributed by atoms with Gasteiger partial charge in [-0.15, -0.1) is 0 Å². The molecule has 1 heterocycles. The number of hydrogen-bond donors (Lipinski definition) is 0. The summed E-state index contributed by atoms with van der Waals surface area (Å²) in [5.41, 5.74) is 5.53. The summed E-state index contributed by atoms with van der Waals surface area (Å²) in [7, 11) is 0. The minimum Gasteiger partial charge on any atom is -0.423 e. The molecule has 0 N–H and O–H groups in total. The van der Waals surface area contributed by atoms with Crippen molar-refractivity contribution in [3.63, 3.8) is 0 Å². The molecule has 1 aliphatic carbocycles. The number of rotatable bonds is 4. The third kappa shape index (κ3) is 3.33. The minimum absolute atomic E-state index is 0.351. The summed E-state index contributed by atoms with van der Waals surface area (Å²) < 4.78 is 7.68. The van der Waals surface area contributed by atoms with E-state index in [1.54, 1.807) is 12.1 Å². The van der Waals surface area contributed by atoms with Gasteiger partial charge in [0.2, 0.25) is 0 Å². The molecule has 4 heteroatoms. The fourth-order valence-corrected chi connectivity index (χ4v) is 3.94. The normalized spacial score (nSPS) is 14.3. The number of benzene rings is 3. The first-order chi connectivity index (χ1) is 14.8. The number of aryl methyl sites for hydroxylation is 1. The Morgan fingerprint density at radius 1 is 0.800 bits per heavy atom. The van der Waals surface area contributed by atoms with Crippen molar-refractivity contribution < 1.29 is 9.53 Å². The Labute approximate surface area is 175 Å². The van der Waals surface area contributed by atoms with Gasteiger partial charge in [0.25, 0.3) is 0 Å². The average Bonchev–Trinajstić information content (AvgIpc) is 3.39. The molecule has 1 aliphatic rings. The van der Waals surface area contributed by atoms with Crippen LogP contribution in [0, 0.1) is 0 Å². The number of esters is 1. The second-order valence-corrected chi connectivity index (χ2v) is 7.19. The third-order valence-corrected chi connectivity index (χ3v) is 5.30. The van der Waals surface area contributed by atoms with Gasteiger partial charge in [-0.3, -0.25) is 0 Å². The lowest BCUT2D eigenvalue weighted by Gasteiger charge is -2.14. The number of aromatic nitrogens is 2. The van der Waals surface area contributed by atoms with Crippen molar-refractivity contribution in [2.45, 2.75) is 12.8 Å². The van der Waals surface area contributed by atoms with E-state index in [2.05, 4.69) is 5.10 Å². The smallest absolute Gasteiger partial charge is 0.344 e. The van der Waals surface area contributed by atoms with Crippen molar-refractivity contribution in [2.75, 3.05) is 0 Å². The van der Waals surface area contributed by atoms with Gasteiger partial charge in [-0.05, 0) is 53.8 Å². The molecule has 0 saturated heterocycles. The molecule has 3 aromatic carbocycles. The molecule has 1 aromatic heterocycles. The van der Waals surface area contributed by atoms with E-state index in [1.807, 2.05) is 89.7 Å². The summed E-state index contributed by atoms with van der Waals surface area (Å²) in [6, 6.07) is 28.9. The van der Waals surface area contributed by atoms with Crippen molar-refractivity contribution in [3.8, 4) is 11.4 Å². The van der Waals surface area contributed by atoms with Crippen molar-refractivity contribution in [3.05, 3.63) is 114 Å². The predicted octanol–water partition coefficient (Wildman–Crippen LogP) is 5.33. The number of allylic oxidation sites excluding steroid dienone is 1. The molecule has 0 bridgehead atoms. The lowest BCUT2D eigenvalue weighted by atomic mass is 9.98. The lowest BCUT2D eigenvalue weighted by molar-refractivity contribution is -0.127. The third-order valence-electron chi connectivity index (χ3n) is 5.30. The number of carbonyl (C=O) groups is 1. The second kappa shape index (κ2) is 7.84. The fraction of sp³-hybridized carbons (Fsp3) is 0.0769. The van der Waals surface area contributed by atoms with Crippen LogP contribution < -0.4 is 4.74 Å². The molecule has 4 nitrogen and oxygen atoms in total. The van der Waals surface area contributed by atoms with E-state index in [9.17, 15) is 4.79 Å². The van der Waals surface area contributed by atoms with Crippen LogP contribution in [0.2, 0.25) is 0 Å². The number of ether oxygens (including phenoxy) is 1. The Kier molecular flexibility index (Phi) is 4.74. The summed E-state index contributed by atoms with van der Waals surface area (Å²) in [5.74, 6) is 0.183. The highest BCUT2D eigenvalue weighted by Gasteiger charge is 2.29. The van der Waals surface area contributed by atoms with E-state index in [-0.39, 0.29) is 5.97 Å². The fourth-order valence-electron chi connectivity index (χ4n) is 3.94. The van der Waals surface area contributed by atoms with E-state index in [1.165, 1.54) is 0 Å². The van der Waals surface area contributed by atoms with Gasteiger partial charge < -0.3 is 4.74 Å². The molecule has 0 saturated carbocycles. The van der Waals surface area contributed by atoms with Crippen LogP contribution in [0.15, 0.2) is 97.2 Å². The Morgan fingerprint density at radius 2 is 1.43 bits per heavy atom. The summed E-state index contributed by atoms with van der Waals surface area (Å²) in [5, 5.41) is 4.61. The van der Waals surface area contributed by atoms with Crippen LogP contribution in [-0.4, -0.2) is 15.7 Å². The Bertz CT molecular complexity index is 1210. The van der Waals surface area contributed by atoms with Gasteiger partial charge in [-0.25, -0.2) is 9.48 Å². The number of para-hydroxylation sites is 2. The molecule has 0 radical (unpaired) electrons. The van der Waals surface area contributed by atoms with Crippen LogP contribution in [0.4, 0.5) is 0 Å². The van der Waals surface area contributed by atoms with Gasteiger partial charge in [0.05, 0.1) is 23.2 Å². The molecule has 0 spiro atoms.